The van der Waals surface area contributed by atoms with E-state index in [0.717, 1.165) is 22.8 Å². The molecule has 0 bridgehead atoms. The number of amides is 2. The molecule has 0 radical (unpaired) electrons. The van der Waals surface area contributed by atoms with Crippen LogP contribution < -0.4 is 10.2 Å². The first kappa shape index (κ1) is 22.3. The molecule has 0 aromatic heterocycles. The molecule has 0 rings (SSSR count). The topological polar surface area (TPSA) is 111 Å². The van der Waals surface area contributed by atoms with Crippen molar-refractivity contribution in [2.75, 3.05) is 26.7 Å². The van der Waals surface area contributed by atoms with Crippen LogP contribution in [-0.4, -0.2) is 38.5 Å². The summed E-state index contributed by atoms with van der Waals surface area (Å²) in [6, 6.07) is 0. The number of carbonyl (C=O) groups is 2. The Bertz CT molecular complexity index is 366. The maximum atomic E-state index is 11.2. The molecule has 2 N–H and O–H groups in total. The summed E-state index contributed by atoms with van der Waals surface area (Å²) in [6.07, 6.45) is 3.22. The van der Waals surface area contributed by atoms with Crippen LogP contribution in [0.5, 0.6) is 0 Å². The zero-order valence-corrected chi connectivity index (χ0v) is 15.6. The molecule has 0 aromatic carbocycles. The Kier molecular flexibility index (Phi) is 11.9. The highest BCUT2D eigenvalue weighted by Crippen LogP contribution is 2.53. The summed E-state index contributed by atoms with van der Waals surface area (Å²) in [7, 11) is 2.60. The summed E-state index contributed by atoms with van der Waals surface area (Å²) in [4.78, 5) is 20.8. The highest BCUT2D eigenvalue weighted by atomic mass is 32.7. The van der Waals surface area contributed by atoms with Gasteiger partial charge in [-0.25, -0.2) is 0 Å². The van der Waals surface area contributed by atoms with Crippen molar-refractivity contribution in [2.24, 2.45) is 0 Å². The zero-order chi connectivity index (χ0) is 16.4. The van der Waals surface area contributed by atoms with E-state index < -0.39 is 13.4 Å². The van der Waals surface area contributed by atoms with E-state index in [1.807, 2.05) is 0 Å². The monoisotopic (exact) mass is 366 g/mol. The quantitative estimate of drug-likeness (QED) is 0.690. The summed E-state index contributed by atoms with van der Waals surface area (Å²) in [5.41, 5.74) is 0. The zero-order valence-electron chi connectivity index (χ0n) is 12.2. The van der Waals surface area contributed by atoms with Crippen molar-refractivity contribution in [1.82, 2.24) is 10.2 Å². The van der Waals surface area contributed by atoms with Crippen molar-refractivity contribution in [3.63, 3.8) is 0 Å². The lowest BCUT2D eigenvalue weighted by Crippen LogP contribution is -2.15. The van der Waals surface area contributed by atoms with Crippen molar-refractivity contribution in [2.45, 2.75) is 13.8 Å². The van der Waals surface area contributed by atoms with E-state index in [1.54, 1.807) is 12.5 Å². The predicted molar refractivity (Wildman–Crippen MR) is 83.9 cm³/mol. The van der Waals surface area contributed by atoms with Crippen LogP contribution in [-0.2, 0) is 27.8 Å². The van der Waals surface area contributed by atoms with Gasteiger partial charge >= 0.3 is 13.4 Å². The molecule has 0 spiro atoms. The van der Waals surface area contributed by atoms with Crippen LogP contribution in [0.3, 0.4) is 0 Å². The van der Waals surface area contributed by atoms with Crippen molar-refractivity contribution >= 4 is 48.0 Å². The van der Waals surface area contributed by atoms with Crippen LogP contribution in [0.15, 0.2) is 0 Å². The van der Waals surface area contributed by atoms with E-state index in [-0.39, 0.29) is 11.8 Å². The number of rotatable bonds is 6. The molecule has 12 heteroatoms. The minimum Gasteiger partial charge on any atom is -0.309 e. The Morgan fingerprint density at radius 1 is 0.850 bits per heavy atom. The molecule has 2 amide bonds. The second-order valence-electron chi connectivity index (χ2n) is 3.06. The second kappa shape index (κ2) is 10.7. The largest absolute Gasteiger partial charge is 0.352 e. The van der Waals surface area contributed by atoms with Crippen molar-refractivity contribution in [1.29, 1.82) is 0 Å². The molecule has 2 atom stereocenters. The standard InChI is InChI=1S/2C4H10NO3PS/c2*1-4(6)5-9(7,8-2)10-3/h2*1-3H3,(H,5,6,7). The van der Waals surface area contributed by atoms with E-state index in [4.69, 9.17) is 0 Å². The predicted octanol–water partition coefficient (Wildman–Crippen LogP) is 2.48. The highest BCUT2D eigenvalue weighted by Gasteiger charge is 2.20. The first-order valence-electron chi connectivity index (χ1n) is 5.08. The van der Waals surface area contributed by atoms with Crippen molar-refractivity contribution in [3.8, 4) is 0 Å². The highest BCUT2D eigenvalue weighted by molar-refractivity contribution is 8.56. The lowest BCUT2D eigenvalue weighted by Gasteiger charge is -2.11. The van der Waals surface area contributed by atoms with Crippen LogP contribution in [0.1, 0.15) is 13.8 Å². The number of hydrogen-bond acceptors (Lipinski definition) is 8. The lowest BCUT2D eigenvalue weighted by molar-refractivity contribution is -0.118. The van der Waals surface area contributed by atoms with E-state index in [9.17, 15) is 18.7 Å². The smallest absolute Gasteiger partial charge is 0.309 e. The minimum absolute atomic E-state index is 0.348. The molecule has 0 saturated heterocycles. The molecular weight excluding hydrogens is 346 g/mol. The van der Waals surface area contributed by atoms with Gasteiger partial charge in [0.1, 0.15) is 0 Å². The average molecular weight is 366 g/mol. The molecule has 0 heterocycles. The number of nitrogens with one attached hydrogen (secondary N) is 2. The van der Waals surface area contributed by atoms with E-state index in [1.165, 1.54) is 28.1 Å². The summed E-state index contributed by atoms with van der Waals surface area (Å²) in [5, 5.41) is 4.43. The van der Waals surface area contributed by atoms with Crippen LogP contribution in [0.25, 0.3) is 0 Å². The molecule has 2 unspecified atom stereocenters. The van der Waals surface area contributed by atoms with E-state index >= 15 is 0 Å². The van der Waals surface area contributed by atoms with Gasteiger partial charge in [-0.3, -0.25) is 28.9 Å². The fourth-order valence-corrected chi connectivity index (χ4v) is 4.37. The third-order valence-corrected chi connectivity index (χ3v) is 8.98. The van der Waals surface area contributed by atoms with Gasteiger partial charge in [-0.15, -0.1) is 0 Å². The van der Waals surface area contributed by atoms with Gasteiger partial charge in [0.15, 0.2) is 0 Å². The van der Waals surface area contributed by atoms with Crippen LogP contribution in [0.4, 0.5) is 0 Å². The number of carbonyl (C=O) groups excluding carboxylic acids is 2. The van der Waals surface area contributed by atoms with Gasteiger partial charge in [-0.1, -0.05) is 22.8 Å². The lowest BCUT2D eigenvalue weighted by atomic mass is 10.8. The maximum Gasteiger partial charge on any atom is 0.352 e. The average Bonchev–Trinajstić information content (AvgIpc) is 2.37. The second-order valence-corrected chi connectivity index (χ2v) is 12.0. The molecule has 0 aliphatic carbocycles. The Hall–Kier alpha value is 0.0200. The fraction of sp³-hybridized carbons (Fsp3) is 0.750. The third kappa shape index (κ3) is 10.8. The van der Waals surface area contributed by atoms with Crippen LogP contribution in [0, 0.1) is 0 Å². The van der Waals surface area contributed by atoms with Gasteiger partial charge in [0.05, 0.1) is 0 Å². The molecule has 0 fully saturated rings. The van der Waals surface area contributed by atoms with Gasteiger partial charge in [0.25, 0.3) is 0 Å². The van der Waals surface area contributed by atoms with Crippen LogP contribution >= 0.6 is 36.2 Å². The first-order chi connectivity index (χ1) is 9.08. The molecule has 8 nitrogen and oxygen atoms in total. The molecule has 0 aliphatic rings. The maximum absolute atomic E-state index is 11.2. The normalized spacial score (nSPS) is 15.9. The summed E-state index contributed by atoms with van der Waals surface area (Å²) in [6.45, 7) is -3.25. The Morgan fingerprint density at radius 2 is 1.10 bits per heavy atom. The van der Waals surface area contributed by atoms with Crippen molar-refractivity contribution in [3.05, 3.63) is 0 Å². The molecule has 0 saturated carbocycles. The third-order valence-electron chi connectivity index (χ3n) is 1.55. The Morgan fingerprint density at radius 3 is 1.15 bits per heavy atom. The molecule has 20 heavy (non-hydrogen) atoms. The first-order valence-corrected chi connectivity index (χ1v) is 12.0. The van der Waals surface area contributed by atoms with E-state index in [0.29, 0.717) is 0 Å². The van der Waals surface area contributed by atoms with Gasteiger partial charge in [-0.05, 0) is 12.5 Å². The Labute approximate surface area is 127 Å². The summed E-state index contributed by atoms with van der Waals surface area (Å²) in [5.74, 6) is -0.695. The summed E-state index contributed by atoms with van der Waals surface area (Å²) >= 11 is 2.00. The number of hydrogen-bond donors (Lipinski definition) is 2. The fourth-order valence-electron chi connectivity index (χ4n) is 0.717. The summed E-state index contributed by atoms with van der Waals surface area (Å²) < 4.78 is 31.5. The molecule has 120 valence electrons. The van der Waals surface area contributed by atoms with Crippen molar-refractivity contribution < 1.29 is 27.8 Å². The molecular formula is C8H20N2O6P2S2. The SMILES string of the molecule is COP(=O)(NC(C)=O)SC.COP(=O)(NC(C)=O)SC. The van der Waals surface area contributed by atoms with Gasteiger partial charge in [0.2, 0.25) is 11.8 Å². The van der Waals surface area contributed by atoms with Gasteiger partial charge in [-0.2, -0.15) is 0 Å². The van der Waals surface area contributed by atoms with E-state index in [2.05, 4.69) is 19.2 Å². The van der Waals surface area contributed by atoms with Gasteiger partial charge in [0, 0.05) is 28.1 Å². The molecule has 0 aliphatic heterocycles. The Balaban J connectivity index is 0. The minimum atomic E-state index is -2.92. The molecule has 0 aromatic rings. The van der Waals surface area contributed by atoms with Crippen LogP contribution in [0.2, 0.25) is 0 Å². The van der Waals surface area contributed by atoms with Gasteiger partial charge < -0.3 is 9.05 Å².